The highest BCUT2D eigenvalue weighted by Crippen LogP contribution is 2.31. The van der Waals surface area contributed by atoms with Crippen molar-refractivity contribution >= 4 is 39.1 Å². The lowest BCUT2D eigenvalue weighted by Gasteiger charge is -2.30. The lowest BCUT2D eigenvalue weighted by Crippen LogP contribution is -2.41. The summed E-state index contributed by atoms with van der Waals surface area (Å²) in [6, 6.07) is 5.79. The van der Waals surface area contributed by atoms with Gasteiger partial charge in [-0.2, -0.15) is 0 Å². The van der Waals surface area contributed by atoms with E-state index in [9.17, 15) is 4.79 Å². The number of rotatable bonds is 1. The van der Waals surface area contributed by atoms with Gasteiger partial charge in [0.1, 0.15) is 0 Å². The van der Waals surface area contributed by atoms with Crippen LogP contribution < -0.4 is 4.90 Å². The maximum Gasteiger partial charge on any atom is 0.240 e. The predicted octanol–water partition coefficient (Wildman–Crippen LogP) is 3.54. The Balaban J connectivity index is 2.32. The van der Waals surface area contributed by atoms with Gasteiger partial charge in [-0.25, -0.2) is 0 Å². The normalized spacial score (nSPS) is 21.3. The molecular formula is C12H13BrClNO. The zero-order valence-electron chi connectivity index (χ0n) is 9.04. The number of amides is 1. The highest BCUT2D eigenvalue weighted by molar-refractivity contribution is 9.10. The summed E-state index contributed by atoms with van der Waals surface area (Å²) >= 11 is 9.56. The molecule has 2 rings (SSSR count). The van der Waals surface area contributed by atoms with Crippen LogP contribution in [-0.4, -0.2) is 17.3 Å². The van der Waals surface area contributed by atoms with Crippen molar-refractivity contribution in [1.82, 2.24) is 0 Å². The molecule has 0 aromatic heterocycles. The van der Waals surface area contributed by atoms with Crippen molar-refractivity contribution in [3.05, 3.63) is 28.8 Å². The zero-order chi connectivity index (χ0) is 11.7. The number of carbonyl (C=O) groups excluding carboxylic acids is 1. The average molecular weight is 303 g/mol. The van der Waals surface area contributed by atoms with Gasteiger partial charge in [-0.1, -0.05) is 33.6 Å². The van der Waals surface area contributed by atoms with Crippen LogP contribution in [0.5, 0.6) is 0 Å². The number of aryl methyl sites for hydroxylation is 1. The van der Waals surface area contributed by atoms with Crippen LogP contribution in [0.4, 0.5) is 5.69 Å². The van der Waals surface area contributed by atoms with Gasteiger partial charge < -0.3 is 4.90 Å². The first-order valence-corrected chi connectivity index (χ1v) is 6.60. The molecule has 1 aliphatic heterocycles. The molecule has 1 saturated heterocycles. The van der Waals surface area contributed by atoms with Crippen molar-refractivity contribution in [3.8, 4) is 0 Å². The van der Waals surface area contributed by atoms with E-state index in [1.807, 2.05) is 25.1 Å². The fourth-order valence-electron chi connectivity index (χ4n) is 1.90. The van der Waals surface area contributed by atoms with Crippen LogP contribution >= 0.6 is 27.5 Å². The molecular weight excluding hydrogens is 289 g/mol. The molecule has 1 atom stereocenters. The Morgan fingerprint density at radius 2 is 2.25 bits per heavy atom. The second-order valence-corrected chi connectivity index (χ2v) is 5.57. The summed E-state index contributed by atoms with van der Waals surface area (Å²) < 4.78 is 0. The number of carbonyl (C=O) groups is 1. The van der Waals surface area contributed by atoms with Crippen molar-refractivity contribution < 1.29 is 4.79 Å². The van der Waals surface area contributed by atoms with E-state index in [1.165, 1.54) is 0 Å². The van der Waals surface area contributed by atoms with Crippen molar-refractivity contribution in [2.75, 3.05) is 11.4 Å². The number of alkyl halides is 1. The molecule has 0 radical (unpaired) electrons. The van der Waals surface area contributed by atoms with Gasteiger partial charge in [0.25, 0.3) is 0 Å². The Bertz CT molecular complexity index is 421. The predicted molar refractivity (Wildman–Crippen MR) is 70.5 cm³/mol. The number of hydrogen-bond acceptors (Lipinski definition) is 1. The van der Waals surface area contributed by atoms with E-state index in [-0.39, 0.29) is 10.7 Å². The van der Waals surface area contributed by atoms with Gasteiger partial charge in [-0.3, -0.25) is 4.79 Å². The van der Waals surface area contributed by atoms with Crippen molar-refractivity contribution in [2.24, 2.45) is 0 Å². The Morgan fingerprint density at radius 3 is 2.94 bits per heavy atom. The molecule has 1 aromatic rings. The van der Waals surface area contributed by atoms with Crippen molar-refractivity contribution in [1.29, 1.82) is 0 Å². The first-order chi connectivity index (χ1) is 7.59. The zero-order valence-corrected chi connectivity index (χ0v) is 11.4. The third kappa shape index (κ3) is 2.25. The van der Waals surface area contributed by atoms with Crippen LogP contribution in [0.1, 0.15) is 18.4 Å². The molecule has 0 aliphatic carbocycles. The van der Waals surface area contributed by atoms with Crippen LogP contribution in [0.3, 0.4) is 0 Å². The number of benzene rings is 1. The minimum absolute atomic E-state index is 0.0707. The van der Waals surface area contributed by atoms with E-state index >= 15 is 0 Å². The van der Waals surface area contributed by atoms with Gasteiger partial charge in [0, 0.05) is 6.54 Å². The topological polar surface area (TPSA) is 20.3 Å². The van der Waals surface area contributed by atoms with E-state index in [2.05, 4.69) is 15.9 Å². The summed E-state index contributed by atoms with van der Waals surface area (Å²) in [5.41, 5.74) is 1.93. The minimum atomic E-state index is -0.0707. The lowest BCUT2D eigenvalue weighted by atomic mass is 10.1. The first kappa shape index (κ1) is 11.9. The molecule has 4 heteroatoms. The summed E-state index contributed by atoms with van der Waals surface area (Å²) in [7, 11) is 0. The van der Waals surface area contributed by atoms with E-state index in [0.717, 1.165) is 30.6 Å². The largest absolute Gasteiger partial charge is 0.310 e. The van der Waals surface area contributed by atoms with Crippen LogP contribution in [-0.2, 0) is 4.79 Å². The summed E-state index contributed by atoms with van der Waals surface area (Å²) in [6.07, 6.45) is 1.91. The second kappa shape index (κ2) is 4.76. The molecule has 1 fully saturated rings. The van der Waals surface area contributed by atoms with E-state index < -0.39 is 0 Å². The van der Waals surface area contributed by atoms with Gasteiger partial charge in [0.2, 0.25) is 5.91 Å². The summed E-state index contributed by atoms with van der Waals surface area (Å²) in [4.78, 5) is 13.7. The lowest BCUT2D eigenvalue weighted by molar-refractivity contribution is -0.118. The SMILES string of the molecule is Cc1ccc(N2CCCC(Br)C2=O)c(Cl)c1. The van der Waals surface area contributed by atoms with E-state index in [4.69, 9.17) is 11.6 Å². The smallest absolute Gasteiger partial charge is 0.240 e. The van der Waals surface area contributed by atoms with Crippen LogP contribution in [0, 0.1) is 6.92 Å². The molecule has 1 unspecified atom stereocenters. The molecule has 0 spiro atoms. The molecule has 0 saturated carbocycles. The van der Waals surface area contributed by atoms with Gasteiger partial charge in [-0.05, 0) is 37.5 Å². The minimum Gasteiger partial charge on any atom is -0.310 e. The molecule has 0 bridgehead atoms. The summed E-state index contributed by atoms with van der Waals surface area (Å²) in [5.74, 6) is 0.108. The quantitative estimate of drug-likeness (QED) is 0.727. The Hall–Kier alpha value is -0.540. The Labute approximate surface area is 109 Å². The molecule has 16 heavy (non-hydrogen) atoms. The van der Waals surface area contributed by atoms with E-state index in [1.54, 1.807) is 4.90 Å². The number of piperidine rings is 1. The number of nitrogens with zero attached hydrogens (tertiary/aromatic N) is 1. The fraction of sp³-hybridized carbons (Fsp3) is 0.417. The molecule has 0 N–H and O–H groups in total. The van der Waals surface area contributed by atoms with Crippen molar-refractivity contribution in [2.45, 2.75) is 24.6 Å². The maximum atomic E-state index is 12.0. The van der Waals surface area contributed by atoms with Crippen LogP contribution in [0.2, 0.25) is 5.02 Å². The first-order valence-electron chi connectivity index (χ1n) is 5.31. The Kier molecular flexibility index (Phi) is 3.55. The van der Waals surface area contributed by atoms with Crippen LogP contribution in [0.25, 0.3) is 0 Å². The molecule has 1 amide bonds. The van der Waals surface area contributed by atoms with Gasteiger partial charge >= 0.3 is 0 Å². The summed E-state index contributed by atoms with van der Waals surface area (Å²) in [5, 5.41) is 0.648. The fourth-order valence-corrected chi connectivity index (χ4v) is 2.81. The maximum absolute atomic E-state index is 12.0. The van der Waals surface area contributed by atoms with Crippen LogP contribution in [0.15, 0.2) is 18.2 Å². The van der Waals surface area contributed by atoms with Crippen molar-refractivity contribution in [3.63, 3.8) is 0 Å². The standard InChI is InChI=1S/C12H13BrClNO/c1-8-4-5-11(10(14)7-8)15-6-2-3-9(13)12(15)16/h4-5,7,9H,2-3,6H2,1H3. The molecule has 86 valence electrons. The molecule has 1 aromatic carbocycles. The highest BCUT2D eigenvalue weighted by Gasteiger charge is 2.28. The van der Waals surface area contributed by atoms with E-state index in [0.29, 0.717) is 5.02 Å². The average Bonchev–Trinajstić information content (AvgIpc) is 2.23. The number of anilines is 1. The second-order valence-electron chi connectivity index (χ2n) is 4.05. The monoisotopic (exact) mass is 301 g/mol. The molecule has 2 nitrogen and oxygen atoms in total. The Morgan fingerprint density at radius 1 is 1.50 bits per heavy atom. The van der Waals surface area contributed by atoms with Gasteiger partial charge in [-0.15, -0.1) is 0 Å². The van der Waals surface area contributed by atoms with Gasteiger partial charge in [0.15, 0.2) is 0 Å². The molecule has 1 aliphatic rings. The molecule has 1 heterocycles. The summed E-state index contributed by atoms with van der Waals surface area (Å²) in [6.45, 7) is 2.74. The number of halogens is 2. The third-order valence-electron chi connectivity index (χ3n) is 2.77. The highest BCUT2D eigenvalue weighted by atomic mass is 79.9. The van der Waals surface area contributed by atoms with Gasteiger partial charge in [0.05, 0.1) is 15.5 Å². The third-order valence-corrected chi connectivity index (χ3v) is 3.92. The number of hydrogen-bond donors (Lipinski definition) is 0.